The molecule has 2 fully saturated rings. The van der Waals surface area contributed by atoms with E-state index >= 15 is 0 Å². The molecule has 7 heteroatoms. The molecule has 4 N–H and O–H groups in total. The van der Waals surface area contributed by atoms with Crippen molar-refractivity contribution in [2.24, 2.45) is 10.7 Å². The molecule has 2 aliphatic heterocycles. The van der Waals surface area contributed by atoms with Crippen LogP contribution in [0.5, 0.6) is 0 Å². The van der Waals surface area contributed by atoms with Crippen molar-refractivity contribution in [2.45, 2.75) is 37.0 Å². The Kier molecular flexibility index (Phi) is 5.04. The van der Waals surface area contributed by atoms with E-state index in [1.807, 2.05) is 36.4 Å². The van der Waals surface area contributed by atoms with Gasteiger partial charge in [0.15, 0.2) is 0 Å². The van der Waals surface area contributed by atoms with Crippen LogP contribution in [0.15, 0.2) is 53.1 Å². The first-order valence-corrected chi connectivity index (χ1v) is 9.55. The van der Waals surface area contributed by atoms with Crippen LogP contribution in [-0.4, -0.2) is 42.6 Å². The highest BCUT2D eigenvalue weighted by atomic mass is 35.5. The molecule has 1 aliphatic carbocycles. The van der Waals surface area contributed by atoms with E-state index in [4.69, 9.17) is 27.1 Å². The van der Waals surface area contributed by atoms with Gasteiger partial charge in [-0.2, -0.15) is 0 Å². The van der Waals surface area contributed by atoms with Crippen molar-refractivity contribution in [2.75, 3.05) is 13.2 Å². The van der Waals surface area contributed by atoms with E-state index < -0.39 is 5.91 Å². The van der Waals surface area contributed by atoms with E-state index in [1.54, 1.807) is 6.08 Å². The van der Waals surface area contributed by atoms with Crippen LogP contribution in [0.3, 0.4) is 0 Å². The number of ether oxygens (including phenoxy) is 1. The van der Waals surface area contributed by atoms with Gasteiger partial charge in [0.1, 0.15) is 5.84 Å². The lowest BCUT2D eigenvalue weighted by Gasteiger charge is -2.48. The van der Waals surface area contributed by atoms with Gasteiger partial charge in [0, 0.05) is 23.8 Å². The molecule has 2 heterocycles. The fourth-order valence-electron chi connectivity index (χ4n) is 3.90. The Morgan fingerprint density at radius 3 is 2.89 bits per heavy atom. The smallest absolute Gasteiger partial charge is 0.248 e. The molecule has 1 aromatic rings. The van der Waals surface area contributed by atoms with Crippen molar-refractivity contribution in [1.29, 1.82) is 0 Å². The van der Waals surface area contributed by atoms with Crippen LogP contribution in [0.2, 0.25) is 5.02 Å². The third kappa shape index (κ3) is 3.78. The standard InChI is InChI=1S/C20H23ClN4O2/c21-15-3-1-2-13(10-15)12-23-19-20(6-8-27-9-7-20)25-17-11-14(18(22)26)4-5-16(17)24-19/h1-5,10-11,16-17,25H,6-9,12H2,(H2,22,26)(H,23,24). The Balaban J connectivity index is 1.61. The maximum Gasteiger partial charge on any atom is 0.248 e. The van der Waals surface area contributed by atoms with Crippen LogP contribution in [0.4, 0.5) is 0 Å². The monoisotopic (exact) mass is 386 g/mol. The summed E-state index contributed by atoms with van der Waals surface area (Å²) < 4.78 is 5.58. The second kappa shape index (κ2) is 7.46. The summed E-state index contributed by atoms with van der Waals surface area (Å²) >= 11 is 6.09. The van der Waals surface area contributed by atoms with Crippen LogP contribution in [0.25, 0.3) is 0 Å². The Bertz CT molecular complexity index is 827. The van der Waals surface area contributed by atoms with Gasteiger partial charge in [-0.25, -0.2) is 0 Å². The maximum atomic E-state index is 11.5. The number of nitrogens with one attached hydrogen (secondary N) is 2. The Hall–Kier alpha value is -2.15. The van der Waals surface area contributed by atoms with E-state index in [1.165, 1.54) is 0 Å². The minimum absolute atomic E-state index is 0.0132. The predicted molar refractivity (Wildman–Crippen MR) is 106 cm³/mol. The number of primary amides is 1. The van der Waals surface area contributed by atoms with Crippen molar-refractivity contribution in [3.63, 3.8) is 0 Å². The summed E-state index contributed by atoms with van der Waals surface area (Å²) in [6.45, 7) is 1.89. The lowest BCUT2D eigenvalue weighted by molar-refractivity contribution is -0.114. The lowest BCUT2D eigenvalue weighted by atomic mass is 9.82. The normalized spacial score (nSPS) is 27.7. The SMILES string of the molecule is NC(=O)C1=CC2NC3(CCOCC3)C(=NCc3cccc(Cl)c3)NC2C=C1. The fourth-order valence-corrected chi connectivity index (χ4v) is 4.11. The number of benzene rings is 1. The highest BCUT2D eigenvalue weighted by Crippen LogP contribution is 2.29. The molecule has 6 nitrogen and oxygen atoms in total. The van der Waals surface area contributed by atoms with Crippen LogP contribution >= 0.6 is 11.6 Å². The summed E-state index contributed by atoms with van der Waals surface area (Å²) in [4.78, 5) is 16.4. The zero-order valence-corrected chi connectivity index (χ0v) is 15.7. The van der Waals surface area contributed by atoms with Gasteiger partial charge in [-0.3, -0.25) is 15.1 Å². The lowest BCUT2D eigenvalue weighted by Crippen LogP contribution is -2.71. The van der Waals surface area contributed by atoms with E-state index in [0.717, 1.165) is 24.2 Å². The number of piperazine rings is 1. The van der Waals surface area contributed by atoms with Gasteiger partial charge in [0.05, 0.1) is 24.2 Å². The van der Waals surface area contributed by atoms with E-state index in [0.29, 0.717) is 30.4 Å². The second-order valence-corrected chi connectivity index (χ2v) is 7.61. The van der Waals surface area contributed by atoms with E-state index in [-0.39, 0.29) is 17.6 Å². The van der Waals surface area contributed by atoms with E-state index in [9.17, 15) is 4.79 Å². The number of nitrogens with zero attached hydrogens (tertiary/aromatic N) is 1. The first-order valence-electron chi connectivity index (χ1n) is 9.17. The van der Waals surface area contributed by atoms with Crippen molar-refractivity contribution in [3.8, 4) is 0 Å². The molecule has 2 saturated heterocycles. The summed E-state index contributed by atoms with van der Waals surface area (Å²) in [5.74, 6) is 0.528. The van der Waals surface area contributed by atoms with Gasteiger partial charge >= 0.3 is 0 Å². The van der Waals surface area contributed by atoms with Crippen LogP contribution < -0.4 is 16.4 Å². The molecule has 1 amide bonds. The summed E-state index contributed by atoms with van der Waals surface area (Å²) in [6.07, 6.45) is 7.29. The minimum atomic E-state index is -0.409. The van der Waals surface area contributed by atoms with Crippen molar-refractivity contribution < 1.29 is 9.53 Å². The van der Waals surface area contributed by atoms with Crippen LogP contribution in [0.1, 0.15) is 18.4 Å². The number of amides is 1. The fraction of sp³-hybridized carbons (Fsp3) is 0.400. The van der Waals surface area contributed by atoms with Crippen molar-refractivity contribution >= 4 is 23.3 Å². The number of nitrogens with two attached hydrogens (primary N) is 1. The zero-order chi connectivity index (χ0) is 18.9. The molecule has 1 aromatic carbocycles. The number of aliphatic imine (C=N–C) groups is 1. The van der Waals surface area contributed by atoms with E-state index in [2.05, 4.69) is 10.6 Å². The summed E-state index contributed by atoms with van der Waals surface area (Å²) in [5.41, 5.74) is 6.76. The number of hydrogen-bond donors (Lipinski definition) is 3. The molecular formula is C20H23ClN4O2. The van der Waals surface area contributed by atoms with Gasteiger partial charge < -0.3 is 15.8 Å². The Morgan fingerprint density at radius 1 is 1.33 bits per heavy atom. The third-order valence-corrected chi connectivity index (χ3v) is 5.60. The largest absolute Gasteiger partial charge is 0.381 e. The Morgan fingerprint density at radius 2 is 2.15 bits per heavy atom. The molecule has 0 bridgehead atoms. The second-order valence-electron chi connectivity index (χ2n) is 7.17. The molecule has 0 aromatic heterocycles. The van der Waals surface area contributed by atoms with Crippen molar-refractivity contribution in [3.05, 3.63) is 58.7 Å². The number of fused-ring (bicyclic) bond motifs is 1. The number of hydrogen-bond acceptors (Lipinski definition) is 4. The van der Waals surface area contributed by atoms with Crippen molar-refractivity contribution in [1.82, 2.24) is 10.6 Å². The molecule has 4 rings (SSSR count). The number of amidine groups is 1. The van der Waals surface area contributed by atoms with Gasteiger partial charge in [0.25, 0.3) is 0 Å². The average Bonchev–Trinajstić information content (AvgIpc) is 2.66. The molecular weight excluding hydrogens is 364 g/mol. The topological polar surface area (TPSA) is 88.7 Å². The molecule has 142 valence electrons. The van der Waals surface area contributed by atoms with Crippen LogP contribution in [-0.2, 0) is 16.1 Å². The summed E-state index contributed by atoms with van der Waals surface area (Å²) in [6, 6.07) is 7.77. The molecule has 3 aliphatic rings. The number of halogens is 1. The molecule has 1 spiro atoms. The molecule has 2 atom stereocenters. The summed E-state index contributed by atoms with van der Waals surface area (Å²) in [5, 5.41) is 8.01. The molecule has 0 radical (unpaired) electrons. The maximum absolute atomic E-state index is 11.5. The van der Waals surface area contributed by atoms with Crippen LogP contribution in [0, 0.1) is 0 Å². The first kappa shape index (κ1) is 18.2. The average molecular weight is 387 g/mol. The highest BCUT2D eigenvalue weighted by Gasteiger charge is 2.45. The number of rotatable bonds is 3. The van der Waals surface area contributed by atoms with Gasteiger partial charge in [-0.1, -0.05) is 42.0 Å². The zero-order valence-electron chi connectivity index (χ0n) is 15.0. The summed E-state index contributed by atoms with van der Waals surface area (Å²) in [7, 11) is 0. The molecule has 2 unspecified atom stereocenters. The van der Waals surface area contributed by atoms with Gasteiger partial charge in [-0.05, 0) is 30.5 Å². The molecule has 0 saturated carbocycles. The van der Waals surface area contributed by atoms with Gasteiger partial charge in [-0.15, -0.1) is 0 Å². The predicted octanol–water partition coefficient (Wildman–Crippen LogP) is 1.70. The quantitative estimate of drug-likeness (QED) is 0.737. The highest BCUT2D eigenvalue weighted by molar-refractivity contribution is 6.30. The molecule has 27 heavy (non-hydrogen) atoms. The third-order valence-electron chi connectivity index (χ3n) is 5.37. The number of carbonyl (C=O) groups is 1. The Labute approximate surface area is 163 Å². The minimum Gasteiger partial charge on any atom is -0.381 e. The first-order chi connectivity index (χ1) is 13.1. The van der Waals surface area contributed by atoms with Gasteiger partial charge in [0.2, 0.25) is 5.91 Å². The number of carbonyl (C=O) groups excluding carboxylic acids is 1.